The molecule has 5 heteroatoms. The lowest BCUT2D eigenvalue weighted by atomic mass is 9.95. The maximum atomic E-state index is 4.74. The molecule has 22 heavy (non-hydrogen) atoms. The van der Waals surface area contributed by atoms with E-state index in [2.05, 4.69) is 27.2 Å². The Bertz CT molecular complexity index is 587. The van der Waals surface area contributed by atoms with Crippen LogP contribution in [0.3, 0.4) is 0 Å². The fourth-order valence-electron chi connectivity index (χ4n) is 2.94. The molecule has 0 amide bonds. The summed E-state index contributed by atoms with van der Waals surface area (Å²) in [5.74, 6) is 1.37. The fraction of sp³-hybridized carbons (Fsp3) is 0.471. The third-order valence-corrected chi connectivity index (χ3v) is 4.11. The summed E-state index contributed by atoms with van der Waals surface area (Å²) in [6, 6.07) is 6.00. The van der Waals surface area contributed by atoms with Gasteiger partial charge in [-0.05, 0) is 38.6 Å². The minimum atomic E-state index is 0.504. The number of hydrogen-bond acceptors (Lipinski definition) is 5. The van der Waals surface area contributed by atoms with Gasteiger partial charge in [-0.1, -0.05) is 6.07 Å². The summed E-state index contributed by atoms with van der Waals surface area (Å²) in [6.07, 6.45) is 8.87. The van der Waals surface area contributed by atoms with Crippen molar-refractivity contribution in [3.05, 3.63) is 48.2 Å². The third kappa shape index (κ3) is 4.01. The van der Waals surface area contributed by atoms with Gasteiger partial charge in [0.2, 0.25) is 0 Å². The first kappa shape index (κ1) is 14.9. The molecule has 0 spiro atoms. The molecule has 5 nitrogen and oxygen atoms in total. The lowest BCUT2D eigenvalue weighted by Gasteiger charge is -2.29. The zero-order valence-corrected chi connectivity index (χ0v) is 13.1. The first-order valence-corrected chi connectivity index (χ1v) is 7.95. The normalized spacial score (nSPS) is 19.0. The van der Waals surface area contributed by atoms with Crippen molar-refractivity contribution in [3.63, 3.8) is 0 Å². The predicted octanol–water partition coefficient (Wildman–Crippen LogP) is 2.34. The smallest absolute Gasteiger partial charge is 0.144 e. The first-order valence-electron chi connectivity index (χ1n) is 7.95. The van der Waals surface area contributed by atoms with Crippen LogP contribution in [0.15, 0.2) is 36.8 Å². The maximum absolute atomic E-state index is 4.74. The number of likely N-dealkylation sites (tertiary alicyclic amines) is 1. The molecule has 1 unspecified atom stereocenters. The molecule has 1 fully saturated rings. The van der Waals surface area contributed by atoms with Crippen molar-refractivity contribution in [2.24, 2.45) is 0 Å². The van der Waals surface area contributed by atoms with Crippen LogP contribution in [0.2, 0.25) is 0 Å². The monoisotopic (exact) mass is 297 g/mol. The topological polar surface area (TPSA) is 53.9 Å². The van der Waals surface area contributed by atoms with Gasteiger partial charge in [0, 0.05) is 43.5 Å². The average molecular weight is 297 g/mol. The van der Waals surface area contributed by atoms with Gasteiger partial charge in [-0.25, -0.2) is 4.98 Å². The predicted molar refractivity (Wildman–Crippen MR) is 87.9 cm³/mol. The average Bonchev–Trinajstić information content (AvgIpc) is 2.56. The maximum Gasteiger partial charge on any atom is 0.144 e. The Kier molecular flexibility index (Phi) is 4.96. The number of anilines is 1. The van der Waals surface area contributed by atoms with Crippen LogP contribution in [-0.4, -0.2) is 46.5 Å². The van der Waals surface area contributed by atoms with Gasteiger partial charge in [-0.2, -0.15) is 0 Å². The number of rotatable bonds is 5. The van der Waals surface area contributed by atoms with Crippen molar-refractivity contribution in [3.8, 4) is 0 Å². The van der Waals surface area contributed by atoms with E-state index >= 15 is 0 Å². The van der Waals surface area contributed by atoms with Crippen LogP contribution in [0.5, 0.6) is 0 Å². The van der Waals surface area contributed by atoms with Crippen molar-refractivity contribution in [1.29, 1.82) is 0 Å². The van der Waals surface area contributed by atoms with E-state index in [1.807, 2.05) is 30.6 Å². The van der Waals surface area contributed by atoms with Crippen molar-refractivity contribution in [2.75, 3.05) is 32.0 Å². The zero-order chi connectivity index (χ0) is 15.2. The summed E-state index contributed by atoms with van der Waals surface area (Å²) >= 11 is 0. The second kappa shape index (κ2) is 7.31. The van der Waals surface area contributed by atoms with Gasteiger partial charge in [-0.3, -0.25) is 9.97 Å². The van der Waals surface area contributed by atoms with E-state index < -0.39 is 0 Å². The summed E-state index contributed by atoms with van der Waals surface area (Å²) in [4.78, 5) is 15.8. The molecule has 1 aliphatic rings. The van der Waals surface area contributed by atoms with Gasteiger partial charge in [0.1, 0.15) is 5.82 Å². The number of likely N-dealkylation sites (N-methyl/N-ethyl adjacent to an activating group) is 1. The Hall–Kier alpha value is -2.01. The van der Waals surface area contributed by atoms with Crippen LogP contribution >= 0.6 is 0 Å². The summed E-state index contributed by atoms with van der Waals surface area (Å²) in [7, 11) is 2.18. The van der Waals surface area contributed by atoms with Crippen LogP contribution in [0.1, 0.15) is 30.1 Å². The molecule has 0 radical (unpaired) electrons. The number of pyridine rings is 1. The number of piperidine rings is 1. The molecule has 2 aromatic rings. The number of hydrogen-bond donors (Lipinski definition) is 1. The zero-order valence-electron chi connectivity index (χ0n) is 13.1. The molecule has 1 N–H and O–H groups in total. The summed E-state index contributed by atoms with van der Waals surface area (Å²) < 4.78 is 0. The summed E-state index contributed by atoms with van der Waals surface area (Å²) in [5, 5.41) is 3.36. The van der Waals surface area contributed by atoms with Crippen molar-refractivity contribution >= 4 is 5.82 Å². The molecule has 2 aromatic heterocycles. The van der Waals surface area contributed by atoms with Crippen LogP contribution in [0, 0.1) is 0 Å². The van der Waals surface area contributed by atoms with E-state index in [0.717, 1.165) is 36.7 Å². The van der Waals surface area contributed by atoms with E-state index in [-0.39, 0.29) is 0 Å². The molecule has 116 valence electrons. The molecule has 0 saturated carbocycles. The van der Waals surface area contributed by atoms with Gasteiger partial charge in [0.05, 0.1) is 11.9 Å². The summed E-state index contributed by atoms with van der Waals surface area (Å²) in [6.45, 7) is 3.08. The fourth-order valence-corrected chi connectivity index (χ4v) is 2.94. The molecular weight excluding hydrogens is 274 g/mol. The second-order valence-corrected chi connectivity index (χ2v) is 5.93. The Labute approximate surface area is 131 Å². The van der Waals surface area contributed by atoms with Crippen molar-refractivity contribution in [2.45, 2.75) is 25.2 Å². The molecule has 1 aliphatic heterocycles. The first-order chi connectivity index (χ1) is 10.8. The molecule has 0 bridgehead atoms. The molecule has 0 aliphatic carbocycles. The van der Waals surface area contributed by atoms with E-state index in [0.29, 0.717) is 5.92 Å². The second-order valence-electron chi connectivity index (χ2n) is 5.93. The molecule has 0 aromatic carbocycles. The lowest BCUT2D eigenvalue weighted by Crippen LogP contribution is -2.31. The minimum Gasteiger partial charge on any atom is -0.368 e. The standard InChI is InChI=1S/C17H23N5/c1-22-10-4-5-14(13-22)16-11-18-12-17(21-16)20-9-7-15-6-2-3-8-19-15/h2-3,6,8,11-12,14H,4-5,7,9-10,13H2,1H3,(H,20,21). The number of nitrogens with zero attached hydrogens (tertiary/aromatic N) is 4. The molecule has 3 rings (SSSR count). The largest absolute Gasteiger partial charge is 0.368 e. The Morgan fingerprint density at radius 3 is 3.09 bits per heavy atom. The highest BCUT2D eigenvalue weighted by Gasteiger charge is 2.20. The quantitative estimate of drug-likeness (QED) is 0.918. The highest BCUT2D eigenvalue weighted by atomic mass is 15.1. The Morgan fingerprint density at radius 2 is 2.27 bits per heavy atom. The van der Waals surface area contributed by atoms with Crippen molar-refractivity contribution < 1.29 is 0 Å². The molecule has 1 saturated heterocycles. The number of aromatic nitrogens is 3. The Morgan fingerprint density at radius 1 is 1.32 bits per heavy atom. The van der Waals surface area contributed by atoms with Gasteiger partial charge in [0.25, 0.3) is 0 Å². The Balaban J connectivity index is 1.57. The van der Waals surface area contributed by atoms with E-state index in [1.165, 1.54) is 19.4 Å². The molecule has 3 heterocycles. The molecule has 1 atom stereocenters. The van der Waals surface area contributed by atoms with Crippen LogP contribution in [0.4, 0.5) is 5.82 Å². The van der Waals surface area contributed by atoms with Gasteiger partial charge in [-0.15, -0.1) is 0 Å². The highest BCUT2D eigenvalue weighted by Crippen LogP contribution is 2.24. The third-order valence-electron chi connectivity index (χ3n) is 4.11. The lowest BCUT2D eigenvalue weighted by molar-refractivity contribution is 0.248. The summed E-state index contributed by atoms with van der Waals surface area (Å²) in [5.41, 5.74) is 2.20. The minimum absolute atomic E-state index is 0.504. The van der Waals surface area contributed by atoms with E-state index in [1.54, 1.807) is 6.20 Å². The van der Waals surface area contributed by atoms with Crippen molar-refractivity contribution in [1.82, 2.24) is 19.9 Å². The highest BCUT2D eigenvalue weighted by molar-refractivity contribution is 5.32. The van der Waals surface area contributed by atoms with Crippen LogP contribution < -0.4 is 5.32 Å². The van der Waals surface area contributed by atoms with Crippen LogP contribution in [0.25, 0.3) is 0 Å². The van der Waals surface area contributed by atoms with Gasteiger partial charge < -0.3 is 10.2 Å². The molecular formula is C17H23N5. The van der Waals surface area contributed by atoms with Crippen LogP contribution in [-0.2, 0) is 6.42 Å². The number of nitrogens with one attached hydrogen (secondary N) is 1. The van der Waals surface area contributed by atoms with Gasteiger partial charge >= 0.3 is 0 Å². The SMILES string of the molecule is CN1CCCC(c2cncc(NCCc3ccccn3)n2)C1. The van der Waals surface area contributed by atoms with Gasteiger partial charge in [0.15, 0.2) is 0 Å². The van der Waals surface area contributed by atoms with E-state index in [9.17, 15) is 0 Å². The van der Waals surface area contributed by atoms with E-state index in [4.69, 9.17) is 4.98 Å².